The number of hydrogen-bond donors (Lipinski definition) is 0. The number of aryl methyl sites for hydroxylation is 1. The first-order valence-corrected chi connectivity index (χ1v) is 11.6. The van der Waals surface area contributed by atoms with Gasteiger partial charge < -0.3 is 4.90 Å². The van der Waals surface area contributed by atoms with E-state index < -0.39 is 5.25 Å². The molecule has 2 atom stereocenters. The van der Waals surface area contributed by atoms with Crippen LogP contribution in [0, 0.1) is 12.3 Å². The number of anilines is 1. The molecule has 3 aromatic rings. The summed E-state index contributed by atoms with van der Waals surface area (Å²) in [5, 5.41) is 1.85. The molecular formula is C27H28NO2S. The van der Waals surface area contributed by atoms with Gasteiger partial charge in [0.2, 0.25) is 5.91 Å². The van der Waals surface area contributed by atoms with Crippen molar-refractivity contribution >= 4 is 40.4 Å². The summed E-state index contributed by atoms with van der Waals surface area (Å²) >= 11 is 1.58. The lowest BCUT2D eigenvalue weighted by Crippen LogP contribution is -2.42. The van der Waals surface area contributed by atoms with Gasteiger partial charge >= 0.3 is 0 Å². The van der Waals surface area contributed by atoms with E-state index in [1.54, 1.807) is 11.8 Å². The van der Waals surface area contributed by atoms with Gasteiger partial charge in [0.1, 0.15) is 0 Å². The third-order valence-electron chi connectivity index (χ3n) is 5.61. The highest BCUT2D eigenvalue weighted by Crippen LogP contribution is 2.48. The molecule has 1 amide bonds. The van der Waals surface area contributed by atoms with Crippen molar-refractivity contribution in [2.24, 2.45) is 5.41 Å². The van der Waals surface area contributed by atoms with E-state index >= 15 is 0 Å². The maximum absolute atomic E-state index is 13.6. The van der Waals surface area contributed by atoms with Crippen LogP contribution in [0.15, 0.2) is 60.7 Å². The minimum Gasteiger partial charge on any atom is -0.311 e. The number of carbonyl (C=O) groups is 1. The molecule has 1 radical (unpaired) electrons. The highest BCUT2D eigenvalue weighted by atomic mass is 32.2. The topological polar surface area (TPSA) is 37.4 Å². The van der Waals surface area contributed by atoms with Crippen molar-refractivity contribution in [3.8, 4) is 0 Å². The molecule has 3 aromatic carbocycles. The standard InChI is InChI=1S/C27H28NO2S/c1-18-12-13-23-22(16-18)25(21-11-7-9-19-8-5-6-10-20(19)21)31-24(14-15-29)26(30)28(23)17-27(2,3)4/h5-13,16,24-25H,14,17H2,1-4H3/t24-,25-/m0/s1. The summed E-state index contributed by atoms with van der Waals surface area (Å²) in [5.41, 5.74) is 4.35. The van der Waals surface area contributed by atoms with Crippen molar-refractivity contribution in [2.45, 2.75) is 44.6 Å². The first-order valence-electron chi connectivity index (χ1n) is 10.7. The van der Waals surface area contributed by atoms with E-state index in [0.29, 0.717) is 6.54 Å². The number of carbonyl (C=O) groups excluding carboxylic acids is 2. The zero-order chi connectivity index (χ0) is 22.2. The first-order chi connectivity index (χ1) is 14.8. The molecule has 0 saturated carbocycles. The summed E-state index contributed by atoms with van der Waals surface area (Å²) in [4.78, 5) is 26.9. The summed E-state index contributed by atoms with van der Waals surface area (Å²) in [7, 11) is 0. The number of amides is 1. The van der Waals surface area contributed by atoms with Gasteiger partial charge in [0.05, 0.1) is 10.5 Å². The fourth-order valence-corrected chi connectivity index (χ4v) is 5.71. The van der Waals surface area contributed by atoms with Crippen LogP contribution in [-0.4, -0.2) is 24.0 Å². The Labute approximate surface area is 188 Å². The van der Waals surface area contributed by atoms with Crippen LogP contribution in [0.5, 0.6) is 0 Å². The third-order valence-corrected chi connectivity index (χ3v) is 7.08. The van der Waals surface area contributed by atoms with Crippen LogP contribution in [0.4, 0.5) is 5.69 Å². The molecule has 3 nitrogen and oxygen atoms in total. The molecule has 0 bridgehead atoms. The molecule has 0 unspecified atom stereocenters. The van der Waals surface area contributed by atoms with Crippen molar-refractivity contribution in [2.75, 3.05) is 11.4 Å². The van der Waals surface area contributed by atoms with E-state index in [-0.39, 0.29) is 23.0 Å². The number of rotatable bonds is 4. The molecule has 0 aromatic heterocycles. The van der Waals surface area contributed by atoms with Crippen LogP contribution in [0.1, 0.15) is 49.1 Å². The normalized spacial score (nSPS) is 19.2. The quantitative estimate of drug-likeness (QED) is 0.492. The zero-order valence-electron chi connectivity index (χ0n) is 18.5. The van der Waals surface area contributed by atoms with Crippen LogP contribution in [-0.2, 0) is 9.59 Å². The van der Waals surface area contributed by atoms with E-state index in [4.69, 9.17) is 0 Å². The highest BCUT2D eigenvalue weighted by molar-refractivity contribution is 8.01. The summed E-state index contributed by atoms with van der Waals surface area (Å²) < 4.78 is 0. The number of fused-ring (bicyclic) bond motifs is 2. The van der Waals surface area contributed by atoms with E-state index in [9.17, 15) is 9.59 Å². The summed E-state index contributed by atoms with van der Waals surface area (Å²) in [6.45, 7) is 9.09. The van der Waals surface area contributed by atoms with Crippen LogP contribution in [0.2, 0.25) is 0 Å². The highest BCUT2D eigenvalue weighted by Gasteiger charge is 2.38. The fourth-order valence-electron chi connectivity index (χ4n) is 4.29. The number of hydrogen-bond acceptors (Lipinski definition) is 3. The Kier molecular flexibility index (Phi) is 5.94. The monoisotopic (exact) mass is 430 g/mol. The van der Waals surface area contributed by atoms with Crippen molar-refractivity contribution < 1.29 is 9.59 Å². The third kappa shape index (κ3) is 4.40. The van der Waals surface area contributed by atoms with E-state index in [1.807, 2.05) is 17.3 Å². The van der Waals surface area contributed by atoms with Gasteiger partial charge in [-0.3, -0.25) is 9.59 Å². The SMILES string of the molecule is Cc1ccc2c(c1)[C@H](c1cccc3ccccc13)S[C@@H](C[C]=O)C(=O)N2CC(C)(C)C. The average molecular weight is 431 g/mol. The Morgan fingerprint density at radius 2 is 1.74 bits per heavy atom. The maximum Gasteiger partial charge on any atom is 0.240 e. The van der Waals surface area contributed by atoms with Gasteiger partial charge in [0.15, 0.2) is 6.29 Å². The molecule has 0 N–H and O–H groups in total. The second-order valence-electron chi connectivity index (χ2n) is 9.47. The van der Waals surface area contributed by atoms with E-state index in [2.05, 4.69) is 82.3 Å². The lowest BCUT2D eigenvalue weighted by Gasteiger charge is -2.31. The van der Waals surface area contributed by atoms with Gasteiger partial charge in [-0.2, -0.15) is 0 Å². The summed E-state index contributed by atoms with van der Waals surface area (Å²) in [5.74, 6) is -0.00360. The Hall–Kier alpha value is -2.59. The van der Waals surface area contributed by atoms with Gasteiger partial charge in [-0.1, -0.05) is 80.9 Å². The van der Waals surface area contributed by atoms with Gasteiger partial charge in [0.25, 0.3) is 0 Å². The Morgan fingerprint density at radius 1 is 1.00 bits per heavy atom. The molecule has 1 aliphatic heterocycles. The van der Waals surface area contributed by atoms with Gasteiger partial charge in [0, 0.05) is 18.7 Å². The second-order valence-corrected chi connectivity index (χ2v) is 10.8. The molecule has 0 spiro atoms. The largest absolute Gasteiger partial charge is 0.311 e. The summed E-state index contributed by atoms with van der Waals surface area (Å²) in [6.07, 6.45) is 2.10. The molecule has 0 fully saturated rings. The van der Waals surface area contributed by atoms with Crippen LogP contribution in [0.3, 0.4) is 0 Å². The van der Waals surface area contributed by atoms with Crippen molar-refractivity contribution in [3.05, 3.63) is 77.4 Å². The van der Waals surface area contributed by atoms with Crippen LogP contribution in [0.25, 0.3) is 10.8 Å². The Bertz CT molecular complexity index is 1130. The lowest BCUT2D eigenvalue weighted by molar-refractivity contribution is -0.118. The predicted octanol–water partition coefficient (Wildman–Crippen LogP) is 6.23. The van der Waals surface area contributed by atoms with Crippen LogP contribution >= 0.6 is 11.8 Å². The van der Waals surface area contributed by atoms with Crippen molar-refractivity contribution in [3.63, 3.8) is 0 Å². The number of thioether (sulfide) groups is 1. The Balaban J connectivity index is 1.96. The zero-order valence-corrected chi connectivity index (χ0v) is 19.3. The molecule has 4 heteroatoms. The van der Waals surface area contributed by atoms with Crippen molar-refractivity contribution in [1.29, 1.82) is 0 Å². The smallest absolute Gasteiger partial charge is 0.240 e. The molecule has 1 heterocycles. The molecule has 1 aliphatic rings. The minimum absolute atomic E-state index is 0.00360. The van der Waals surface area contributed by atoms with Crippen molar-refractivity contribution in [1.82, 2.24) is 0 Å². The van der Waals surface area contributed by atoms with Gasteiger partial charge in [-0.05, 0) is 40.3 Å². The maximum atomic E-state index is 13.6. The Morgan fingerprint density at radius 3 is 2.48 bits per heavy atom. The van der Waals surface area contributed by atoms with E-state index in [0.717, 1.165) is 16.8 Å². The predicted molar refractivity (Wildman–Crippen MR) is 130 cm³/mol. The number of nitrogens with zero attached hydrogens (tertiary/aromatic N) is 1. The molecular weight excluding hydrogens is 402 g/mol. The minimum atomic E-state index is -0.462. The molecule has 4 rings (SSSR count). The fraction of sp³-hybridized carbons (Fsp3) is 0.333. The first kappa shape index (κ1) is 21.6. The van der Waals surface area contributed by atoms with E-state index in [1.165, 1.54) is 16.3 Å². The molecule has 0 saturated heterocycles. The molecule has 159 valence electrons. The number of benzene rings is 3. The average Bonchev–Trinajstić information content (AvgIpc) is 2.83. The summed E-state index contributed by atoms with van der Waals surface area (Å²) in [6, 6.07) is 21.0. The van der Waals surface area contributed by atoms with Crippen LogP contribution < -0.4 is 4.90 Å². The molecule has 31 heavy (non-hydrogen) atoms. The molecule has 0 aliphatic carbocycles. The van der Waals surface area contributed by atoms with Gasteiger partial charge in [-0.15, -0.1) is 11.8 Å². The van der Waals surface area contributed by atoms with Gasteiger partial charge in [-0.25, -0.2) is 0 Å². The lowest BCUT2D eigenvalue weighted by atomic mass is 9.93. The second kappa shape index (κ2) is 8.51.